The van der Waals surface area contributed by atoms with Crippen LogP contribution in [0.2, 0.25) is 0 Å². The first-order valence-corrected chi connectivity index (χ1v) is 5.72. The van der Waals surface area contributed by atoms with E-state index in [1.165, 1.54) is 12.3 Å². The van der Waals surface area contributed by atoms with Gasteiger partial charge in [0.2, 0.25) is 5.91 Å². The Morgan fingerprint density at radius 1 is 1.53 bits per heavy atom. The van der Waals surface area contributed by atoms with E-state index >= 15 is 0 Å². The summed E-state index contributed by atoms with van der Waals surface area (Å²) in [6, 6.07) is 3.13. The molecule has 4 nitrogen and oxygen atoms in total. The summed E-state index contributed by atoms with van der Waals surface area (Å²) in [4.78, 5) is 14.5. The fourth-order valence-corrected chi connectivity index (χ4v) is 1.49. The van der Waals surface area contributed by atoms with Gasteiger partial charge < -0.3 is 11.1 Å². The van der Waals surface area contributed by atoms with Crippen molar-refractivity contribution in [2.75, 3.05) is 6.54 Å². The number of nitrogens with one attached hydrogen (secondary N) is 1. The summed E-state index contributed by atoms with van der Waals surface area (Å²) in [7, 11) is 0. The van der Waals surface area contributed by atoms with Gasteiger partial charge in [-0.3, -0.25) is 9.78 Å². The van der Waals surface area contributed by atoms with E-state index in [1.54, 1.807) is 6.07 Å². The Morgan fingerprint density at radius 2 is 2.29 bits per heavy atom. The minimum Gasteiger partial charge on any atom is -0.370 e. The number of hydrogen-bond acceptors (Lipinski definition) is 3. The molecule has 1 heterocycles. The highest BCUT2D eigenvalue weighted by Gasteiger charge is 2.05. The van der Waals surface area contributed by atoms with Crippen molar-refractivity contribution in [2.45, 2.75) is 32.2 Å². The predicted octanol–water partition coefficient (Wildman–Crippen LogP) is 1.53. The number of primary amides is 1. The minimum absolute atomic E-state index is 0.0733. The molecule has 0 spiro atoms. The number of carbonyl (C=O) groups is 1. The second-order valence-electron chi connectivity index (χ2n) is 4.00. The zero-order chi connectivity index (χ0) is 12.7. The average molecular weight is 239 g/mol. The van der Waals surface area contributed by atoms with E-state index < -0.39 is 0 Å². The van der Waals surface area contributed by atoms with E-state index in [0.717, 1.165) is 25.1 Å². The van der Waals surface area contributed by atoms with E-state index in [0.29, 0.717) is 6.42 Å². The molecule has 1 aromatic rings. The van der Waals surface area contributed by atoms with Crippen LogP contribution in [-0.4, -0.2) is 17.4 Å². The maximum atomic E-state index is 12.7. The zero-order valence-electron chi connectivity index (χ0n) is 9.95. The summed E-state index contributed by atoms with van der Waals surface area (Å²) in [5.74, 6) is -0.597. The van der Waals surface area contributed by atoms with E-state index in [9.17, 15) is 9.18 Å². The van der Waals surface area contributed by atoms with Crippen LogP contribution in [0.15, 0.2) is 18.3 Å². The molecule has 0 aliphatic carbocycles. The molecule has 0 aromatic carbocycles. The van der Waals surface area contributed by atoms with Crippen molar-refractivity contribution in [2.24, 2.45) is 5.73 Å². The molecule has 0 saturated heterocycles. The quantitative estimate of drug-likeness (QED) is 0.709. The fourth-order valence-electron chi connectivity index (χ4n) is 1.49. The number of pyridine rings is 1. The third-order valence-corrected chi connectivity index (χ3v) is 2.49. The van der Waals surface area contributed by atoms with Gasteiger partial charge in [0.05, 0.1) is 11.9 Å². The van der Waals surface area contributed by atoms with E-state index in [1.807, 2.05) is 6.92 Å². The van der Waals surface area contributed by atoms with Crippen LogP contribution in [-0.2, 0) is 4.79 Å². The van der Waals surface area contributed by atoms with Gasteiger partial charge >= 0.3 is 0 Å². The molecule has 1 rings (SSSR count). The normalized spacial score (nSPS) is 12.4. The van der Waals surface area contributed by atoms with Crippen molar-refractivity contribution in [3.05, 3.63) is 29.8 Å². The lowest BCUT2D eigenvalue weighted by molar-refractivity contribution is -0.118. The van der Waals surface area contributed by atoms with Crippen molar-refractivity contribution in [1.29, 1.82) is 0 Å². The lowest BCUT2D eigenvalue weighted by Gasteiger charge is -2.12. The Bertz CT molecular complexity index is 353. The molecular weight excluding hydrogens is 221 g/mol. The number of halogens is 1. The van der Waals surface area contributed by atoms with Gasteiger partial charge in [-0.25, -0.2) is 4.39 Å². The molecule has 1 aromatic heterocycles. The maximum Gasteiger partial charge on any atom is 0.217 e. The monoisotopic (exact) mass is 239 g/mol. The summed E-state index contributed by atoms with van der Waals surface area (Å²) in [6.07, 6.45) is 3.30. The van der Waals surface area contributed by atoms with Crippen LogP contribution in [0.5, 0.6) is 0 Å². The number of rotatable bonds is 7. The van der Waals surface area contributed by atoms with Crippen LogP contribution in [0.4, 0.5) is 4.39 Å². The van der Waals surface area contributed by atoms with Gasteiger partial charge in [0.25, 0.3) is 0 Å². The first kappa shape index (κ1) is 13.6. The largest absolute Gasteiger partial charge is 0.370 e. The number of nitrogens with zero attached hydrogens (tertiary/aromatic N) is 1. The molecule has 1 atom stereocenters. The lowest BCUT2D eigenvalue weighted by atomic mass is 10.2. The van der Waals surface area contributed by atoms with E-state index in [2.05, 4.69) is 10.3 Å². The third-order valence-electron chi connectivity index (χ3n) is 2.49. The molecule has 1 unspecified atom stereocenters. The molecule has 0 radical (unpaired) electrons. The highest BCUT2D eigenvalue weighted by Crippen LogP contribution is 2.09. The molecule has 0 aliphatic heterocycles. The summed E-state index contributed by atoms with van der Waals surface area (Å²) >= 11 is 0. The van der Waals surface area contributed by atoms with Gasteiger partial charge in [-0.1, -0.05) is 0 Å². The Morgan fingerprint density at radius 3 is 2.88 bits per heavy atom. The highest BCUT2D eigenvalue weighted by atomic mass is 19.1. The predicted molar refractivity (Wildman–Crippen MR) is 63.7 cm³/mol. The van der Waals surface area contributed by atoms with Gasteiger partial charge in [0, 0.05) is 12.5 Å². The van der Waals surface area contributed by atoms with Crippen LogP contribution in [0.1, 0.15) is 37.9 Å². The first-order chi connectivity index (χ1) is 8.09. The summed E-state index contributed by atoms with van der Waals surface area (Å²) in [5.41, 5.74) is 5.84. The Labute approximate surface area is 100 Å². The Kier molecular flexibility index (Phi) is 5.56. The summed E-state index contributed by atoms with van der Waals surface area (Å²) < 4.78 is 12.7. The highest BCUT2D eigenvalue weighted by molar-refractivity contribution is 5.73. The second-order valence-corrected chi connectivity index (χ2v) is 4.00. The fraction of sp³-hybridized carbons (Fsp3) is 0.500. The SMILES string of the molecule is CC(NCCCCC(N)=O)c1ccc(F)cn1. The number of aromatic nitrogens is 1. The van der Waals surface area contributed by atoms with Crippen molar-refractivity contribution in [3.8, 4) is 0 Å². The molecule has 1 amide bonds. The zero-order valence-corrected chi connectivity index (χ0v) is 9.95. The van der Waals surface area contributed by atoms with E-state index in [4.69, 9.17) is 5.73 Å². The van der Waals surface area contributed by atoms with Gasteiger partial charge in [-0.15, -0.1) is 0 Å². The van der Waals surface area contributed by atoms with Crippen LogP contribution >= 0.6 is 0 Å². The van der Waals surface area contributed by atoms with Crippen LogP contribution < -0.4 is 11.1 Å². The molecule has 3 N–H and O–H groups in total. The Hall–Kier alpha value is -1.49. The van der Waals surface area contributed by atoms with Crippen molar-refractivity contribution in [3.63, 3.8) is 0 Å². The van der Waals surface area contributed by atoms with Crippen LogP contribution in [0, 0.1) is 5.82 Å². The number of hydrogen-bond donors (Lipinski definition) is 2. The van der Waals surface area contributed by atoms with Gasteiger partial charge in [-0.2, -0.15) is 0 Å². The van der Waals surface area contributed by atoms with Crippen LogP contribution in [0.25, 0.3) is 0 Å². The first-order valence-electron chi connectivity index (χ1n) is 5.72. The van der Waals surface area contributed by atoms with Crippen molar-refractivity contribution < 1.29 is 9.18 Å². The number of amides is 1. The molecule has 0 aliphatic rings. The molecule has 0 saturated carbocycles. The Balaban J connectivity index is 2.23. The summed E-state index contributed by atoms with van der Waals surface area (Å²) in [5, 5.41) is 3.26. The van der Waals surface area contributed by atoms with Crippen LogP contribution in [0.3, 0.4) is 0 Å². The minimum atomic E-state index is -0.331. The molecule has 17 heavy (non-hydrogen) atoms. The van der Waals surface area contributed by atoms with Gasteiger partial charge in [0.15, 0.2) is 0 Å². The third kappa shape index (κ3) is 5.40. The average Bonchev–Trinajstić information content (AvgIpc) is 2.29. The molecule has 5 heteroatoms. The maximum absolute atomic E-state index is 12.7. The topological polar surface area (TPSA) is 68.0 Å². The standard InChI is InChI=1S/C12H18FN3O/c1-9(11-6-5-10(13)8-16-11)15-7-3-2-4-12(14)17/h5-6,8-9,15H,2-4,7H2,1H3,(H2,14,17). The van der Waals surface area contributed by atoms with Gasteiger partial charge in [0.1, 0.15) is 5.82 Å². The molecule has 94 valence electrons. The number of unbranched alkanes of at least 4 members (excludes halogenated alkanes) is 1. The number of carbonyl (C=O) groups excluding carboxylic acids is 1. The summed E-state index contributed by atoms with van der Waals surface area (Å²) in [6.45, 7) is 2.75. The van der Waals surface area contributed by atoms with Crippen molar-refractivity contribution >= 4 is 5.91 Å². The smallest absolute Gasteiger partial charge is 0.217 e. The van der Waals surface area contributed by atoms with E-state index in [-0.39, 0.29) is 17.8 Å². The molecular formula is C12H18FN3O. The molecule has 0 bridgehead atoms. The van der Waals surface area contributed by atoms with Gasteiger partial charge in [-0.05, 0) is 38.4 Å². The lowest BCUT2D eigenvalue weighted by Crippen LogP contribution is -2.21. The van der Waals surface area contributed by atoms with Crippen molar-refractivity contribution in [1.82, 2.24) is 10.3 Å². The second kappa shape index (κ2) is 6.96. The molecule has 0 fully saturated rings. The number of nitrogens with two attached hydrogens (primary N) is 1.